The van der Waals surface area contributed by atoms with E-state index in [-0.39, 0.29) is 17.2 Å². The zero-order valence-electron chi connectivity index (χ0n) is 15.3. The number of aromatic amines is 1. The highest BCUT2D eigenvalue weighted by atomic mass is 19.4. The van der Waals surface area contributed by atoms with Crippen molar-refractivity contribution in [1.82, 2.24) is 14.9 Å². The molecule has 2 heterocycles. The lowest BCUT2D eigenvalue weighted by Gasteiger charge is -2.27. The van der Waals surface area contributed by atoms with E-state index in [1.165, 1.54) is 18.2 Å². The van der Waals surface area contributed by atoms with Gasteiger partial charge < -0.3 is 4.98 Å². The van der Waals surface area contributed by atoms with E-state index in [0.717, 1.165) is 12.1 Å². The van der Waals surface area contributed by atoms with Gasteiger partial charge in [0.25, 0.3) is 5.56 Å². The minimum Gasteiger partial charge on any atom is -0.306 e. The molecule has 1 aliphatic heterocycles. The van der Waals surface area contributed by atoms with Gasteiger partial charge in [0.1, 0.15) is 11.6 Å². The summed E-state index contributed by atoms with van der Waals surface area (Å²) in [6.07, 6.45) is -3.96. The predicted octanol–water partition coefficient (Wildman–Crippen LogP) is 4.15. The fraction of sp³-hybridized carbons (Fsp3) is 0.238. The molecule has 0 aliphatic carbocycles. The summed E-state index contributed by atoms with van der Waals surface area (Å²) >= 11 is 0. The summed E-state index contributed by atoms with van der Waals surface area (Å²) in [6.45, 7) is 1.34. The van der Waals surface area contributed by atoms with Gasteiger partial charge in [-0.25, -0.2) is 9.37 Å². The van der Waals surface area contributed by atoms with Crippen molar-refractivity contribution in [3.05, 3.63) is 87.1 Å². The number of hydrogen-bond acceptors (Lipinski definition) is 3. The average molecular weight is 403 g/mol. The molecule has 0 fully saturated rings. The fourth-order valence-electron chi connectivity index (χ4n) is 3.45. The Bertz CT molecular complexity index is 1090. The van der Waals surface area contributed by atoms with Crippen molar-refractivity contribution in [3.63, 3.8) is 0 Å². The third-order valence-electron chi connectivity index (χ3n) is 4.99. The number of hydrogen-bond donors (Lipinski definition) is 1. The van der Waals surface area contributed by atoms with Gasteiger partial charge in [0, 0.05) is 36.3 Å². The summed E-state index contributed by atoms with van der Waals surface area (Å²) in [7, 11) is 0. The van der Waals surface area contributed by atoms with Crippen LogP contribution in [0.15, 0.2) is 53.3 Å². The average Bonchev–Trinajstić information content (AvgIpc) is 2.69. The number of nitrogens with one attached hydrogen (secondary N) is 1. The smallest absolute Gasteiger partial charge is 0.306 e. The van der Waals surface area contributed by atoms with Crippen LogP contribution in [0.3, 0.4) is 0 Å². The Morgan fingerprint density at radius 3 is 2.48 bits per heavy atom. The quantitative estimate of drug-likeness (QED) is 0.669. The van der Waals surface area contributed by atoms with Crippen molar-refractivity contribution in [2.24, 2.45) is 0 Å². The molecule has 0 amide bonds. The van der Waals surface area contributed by atoms with Crippen molar-refractivity contribution in [1.29, 1.82) is 0 Å². The van der Waals surface area contributed by atoms with Crippen molar-refractivity contribution in [3.8, 4) is 11.4 Å². The Morgan fingerprint density at radius 1 is 1.07 bits per heavy atom. The molecule has 1 aliphatic rings. The van der Waals surface area contributed by atoms with Gasteiger partial charge >= 0.3 is 6.18 Å². The van der Waals surface area contributed by atoms with Crippen LogP contribution >= 0.6 is 0 Å². The number of H-pyrrole nitrogens is 1. The van der Waals surface area contributed by atoms with Crippen LogP contribution < -0.4 is 5.56 Å². The van der Waals surface area contributed by atoms with E-state index < -0.39 is 11.7 Å². The monoisotopic (exact) mass is 403 g/mol. The van der Waals surface area contributed by atoms with E-state index in [1.807, 2.05) is 4.90 Å². The van der Waals surface area contributed by atoms with E-state index in [2.05, 4.69) is 9.97 Å². The van der Waals surface area contributed by atoms with Gasteiger partial charge in [-0.1, -0.05) is 30.3 Å². The van der Waals surface area contributed by atoms with Crippen LogP contribution in [-0.4, -0.2) is 21.4 Å². The largest absolute Gasteiger partial charge is 0.416 e. The van der Waals surface area contributed by atoms with E-state index >= 15 is 0 Å². The molecule has 29 heavy (non-hydrogen) atoms. The first-order valence-corrected chi connectivity index (χ1v) is 9.07. The van der Waals surface area contributed by atoms with Gasteiger partial charge in [-0.3, -0.25) is 9.69 Å². The molecule has 2 aromatic carbocycles. The molecular weight excluding hydrogens is 386 g/mol. The first-order chi connectivity index (χ1) is 13.8. The lowest BCUT2D eigenvalue weighted by molar-refractivity contribution is -0.137. The van der Waals surface area contributed by atoms with Crippen molar-refractivity contribution >= 4 is 0 Å². The van der Waals surface area contributed by atoms with Crippen molar-refractivity contribution < 1.29 is 17.6 Å². The molecule has 0 unspecified atom stereocenters. The summed E-state index contributed by atoms with van der Waals surface area (Å²) in [6, 6.07) is 11.0. The second-order valence-electron chi connectivity index (χ2n) is 6.97. The van der Waals surface area contributed by atoms with Crippen LogP contribution in [0.5, 0.6) is 0 Å². The Balaban J connectivity index is 1.60. The number of benzene rings is 2. The molecule has 1 aromatic heterocycles. The number of halogens is 4. The van der Waals surface area contributed by atoms with E-state index in [1.54, 1.807) is 18.2 Å². The molecule has 0 saturated heterocycles. The first kappa shape index (κ1) is 19.3. The normalized spacial score (nSPS) is 14.6. The molecule has 8 heteroatoms. The predicted molar refractivity (Wildman–Crippen MR) is 99.5 cm³/mol. The van der Waals surface area contributed by atoms with E-state index in [4.69, 9.17) is 0 Å². The maximum absolute atomic E-state index is 13.9. The zero-order valence-corrected chi connectivity index (χ0v) is 15.3. The van der Waals surface area contributed by atoms with Crippen LogP contribution in [0.2, 0.25) is 0 Å². The number of nitrogens with zero attached hydrogens (tertiary/aromatic N) is 2. The van der Waals surface area contributed by atoms with Crippen LogP contribution in [0.1, 0.15) is 22.4 Å². The minimum absolute atomic E-state index is 0.218. The molecule has 4 rings (SSSR count). The summed E-state index contributed by atoms with van der Waals surface area (Å²) in [5.41, 5.74) is 1.01. The van der Waals surface area contributed by atoms with Gasteiger partial charge in [-0.05, 0) is 24.6 Å². The van der Waals surface area contributed by atoms with Gasteiger partial charge in [-0.2, -0.15) is 13.2 Å². The molecule has 0 radical (unpaired) electrons. The summed E-state index contributed by atoms with van der Waals surface area (Å²) in [4.78, 5) is 21.6. The standard InChI is InChI=1S/C21H17F4N3O/c22-17-4-2-1-3-14(17)11-28-10-9-16-18(12-28)26-19(27-20(16)29)13-5-7-15(8-6-13)21(23,24)25/h1-8H,9-12H2,(H,26,27,29). The lowest BCUT2D eigenvalue weighted by atomic mass is 10.0. The minimum atomic E-state index is -4.43. The zero-order chi connectivity index (χ0) is 20.6. The van der Waals surface area contributed by atoms with Crippen molar-refractivity contribution in [2.75, 3.05) is 6.54 Å². The molecular formula is C21H17F4N3O. The molecule has 4 nitrogen and oxygen atoms in total. The Hall–Kier alpha value is -3.00. The fourth-order valence-corrected chi connectivity index (χ4v) is 3.45. The third kappa shape index (κ3) is 4.07. The molecule has 0 bridgehead atoms. The topological polar surface area (TPSA) is 49.0 Å². The maximum atomic E-state index is 13.9. The van der Waals surface area contributed by atoms with Crippen LogP contribution in [0.25, 0.3) is 11.4 Å². The van der Waals surface area contributed by atoms with E-state index in [9.17, 15) is 22.4 Å². The summed E-state index contributed by atoms with van der Waals surface area (Å²) < 4.78 is 52.2. The second-order valence-corrected chi connectivity index (χ2v) is 6.97. The Kier molecular flexibility index (Phi) is 4.96. The number of fused-ring (bicyclic) bond motifs is 1. The first-order valence-electron chi connectivity index (χ1n) is 9.07. The molecule has 0 spiro atoms. The highest BCUT2D eigenvalue weighted by Gasteiger charge is 2.30. The van der Waals surface area contributed by atoms with Crippen LogP contribution in [-0.2, 0) is 25.7 Å². The summed E-state index contributed by atoms with van der Waals surface area (Å²) in [5, 5.41) is 0. The highest BCUT2D eigenvalue weighted by Crippen LogP contribution is 2.30. The van der Waals surface area contributed by atoms with Gasteiger partial charge in [0.15, 0.2) is 0 Å². The van der Waals surface area contributed by atoms with Gasteiger partial charge in [-0.15, -0.1) is 0 Å². The maximum Gasteiger partial charge on any atom is 0.416 e. The molecule has 3 aromatic rings. The SMILES string of the molecule is O=c1[nH]c(-c2ccc(C(F)(F)F)cc2)nc2c1CCN(Cc1ccccc1F)C2. The molecule has 1 N–H and O–H groups in total. The van der Waals surface area contributed by atoms with Gasteiger partial charge in [0.05, 0.1) is 11.3 Å². The number of aromatic nitrogens is 2. The van der Waals surface area contributed by atoms with E-state index in [0.29, 0.717) is 48.4 Å². The van der Waals surface area contributed by atoms with Gasteiger partial charge in [0.2, 0.25) is 0 Å². The molecule has 0 atom stereocenters. The highest BCUT2D eigenvalue weighted by molar-refractivity contribution is 5.56. The number of rotatable bonds is 3. The molecule has 150 valence electrons. The number of alkyl halides is 3. The Labute approximate surface area is 163 Å². The molecule has 0 saturated carbocycles. The van der Waals surface area contributed by atoms with Crippen LogP contribution in [0, 0.1) is 5.82 Å². The Morgan fingerprint density at radius 2 is 1.79 bits per heavy atom. The third-order valence-corrected chi connectivity index (χ3v) is 4.99. The lowest BCUT2D eigenvalue weighted by Crippen LogP contribution is -2.35. The van der Waals surface area contributed by atoms with Crippen LogP contribution in [0.4, 0.5) is 17.6 Å². The van der Waals surface area contributed by atoms with Crippen molar-refractivity contribution in [2.45, 2.75) is 25.7 Å². The second kappa shape index (κ2) is 7.44. The summed E-state index contributed by atoms with van der Waals surface area (Å²) in [5.74, 6) is -0.0715.